The van der Waals surface area contributed by atoms with Crippen molar-refractivity contribution in [3.63, 3.8) is 0 Å². The fourth-order valence-electron chi connectivity index (χ4n) is 1.14. The molecule has 3 N–H and O–H groups in total. The van der Waals surface area contributed by atoms with E-state index in [1.54, 1.807) is 17.1 Å². The standard InChI is InChI=1S/C9H15N5O3/c15-8(16)2-1-3-10-9(17)11-4-6-14-7-5-12-13-14/h5,7H,1-4,6H2,(H,15,16)(H2,10,11,17). The summed E-state index contributed by atoms with van der Waals surface area (Å²) in [6.07, 6.45) is 3.74. The summed E-state index contributed by atoms with van der Waals surface area (Å²) >= 11 is 0. The summed E-state index contributed by atoms with van der Waals surface area (Å²) in [5.74, 6) is -0.863. The second-order valence-corrected chi connectivity index (χ2v) is 3.35. The van der Waals surface area contributed by atoms with Crippen molar-refractivity contribution in [2.75, 3.05) is 13.1 Å². The van der Waals surface area contributed by atoms with E-state index in [9.17, 15) is 9.59 Å². The fraction of sp³-hybridized carbons (Fsp3) is 0.556. The van der Waals surface area contributed by atoms with Gasteiger partial charge in [0.15, 0.2) is 0 Å². The first kappa shape index (κ1) is 12.9. The third kappa shape index (κ3) is 6.13. The zero-order valence-electron chi connectivity index (χ0n) is 9.30. The first-order valence-electron chi connectivity index (χ1n) is 5.26. The van der Waals surface area contributed by atoms with E-state index >= 15 is 0 Å². The number of carbonyl (C=O) groups is 2. The Morgan fingerprint density at radius 3 is 2.71 bits per heavy atom. The van der Waals surface area contributed by atoms with Gasteiger partial charge in [0.2, 0.25) is 0 Å². The maximum atomic E-state index is 11.2. The summed E-state index contributed by atoms with van der Waals surface area (Å²) in [6, 6.07) is -0.310. The predicted octanol–water partition coefficient (Wildman–Crippen LogP) is -0.558. The Kier molecular flexibility index (Phi) is 5.49. The molecule has 1 aromatic rings. The van der Waals surface area contributed by atoms with Crippen LogP contribution < -0.4 is 10.6 Å². The van der Waals surface area contributed by atoms with Crippen molar-refractivity contribution >= 4 is 12.0 Å². The Balaban J connectivity index is 1.99. The number of urea groups is 1. The van der Waals surface area contributed by atoms with Crippen LogP contribution in [0.25, 0.3) is 0 Å². The van der Waals surface area contributed by atoms with Crippen molar-refractivity contribution < 1.29 is 14.7 Å². The molecule has 8 heteroatoms. The van der Waals surface area contributed by atoms with Crippen LogP contribution in [0.3, 0.4) is 0 Å². The number of carboxylic acids is 1. The van der Waals surface area contributed by atoms with Crippen molar-refractivity contribution in [2.24, 2.45) is 0 Å². The number of rotatable bonds is 7. The SMILES string of the molecule is O=C(O)CCCNC(=O)NCCn1ccnn1. The van der Waals surface area contributed by atoms with Gasteiger partial charge in [0.05, 0.1) is 12.7 Å². The van der Waals surface area contributed by atoms with Crippen molar-refractivity contribution in [3.05, 3.63) is 12.4 Å². The van der Waals surface area contributed by atoms with Crippen molar-refractivity contribution in [3.8, 4) is 0 Å². The Labute approximate surface area is 98.0 Å². The van der Waals surface area contributed by atoms with Gasteiger partial charge in [-0.1, -0.05) is 5.21 Å². The molecule has 2 amide bonds. The smallest absolute Gasteiger partial charge is 0.314 e. The molecular formula is C9H15N5O3. The topological polar surface area (TPSA) is 109 Å². The fourth-order valence-corrected chi connectivity index (χ4v) is 1.14. The summed E-state index contributed by atoms with van der Waals surface area (Å²) in [7, 11) is 0. The molecule has 0 saturated heterocycles. The number of aliphatic carboxylic acids is 1. The molecule has 0 aliphatic heterocycles. The number of hydrogen-bond acceptors (Lipinski definition) is 4. The average molecular weight is 241 g/mol. The minimum absolute atomic E-state index is 0.0548. The number of carboxylic acid groups (broad SMARTS) is 1. The number of aromatic nitrogens is 3. The molecular weight excluding hydrogens is 226 g/mol. The molecule has 1 aromatic heterocycles. The Morgan fingerprint density at radius 2 is 2.06 bits per heavy atom. The van der Waals surface area contributed by atoms with Crippen LogP contribution in [0.15, 0.2) is 12.4 Å². The third-order valence-electron chi connectivity index (χ3n) is 1.95. The van der Waals surface area contributed by atoms with E-state index in [1.165, 1.54) is 0 Å². The van der Waals surface area contributed by atoms with Crippen LogP contribution in [-0.2, 0) is 11.3 Å². The molecule has 0 spiro atoms. The van der Waals surface area contributed by atoms with E-state index in [4.69, 9.17) is 5.11 Å². The van der Waals surface area contributed by atoms with Crippen molar-refractivity contribution in [2.45, 2.75) is 19.4 Å². The lowest BCUT2D eigenvalue weighted by atomic mass is 10.3. The Bertz CT molecular complexity index is 352. The zero-order chi connectivity index (χ0) is 12.5. The summed E-state index contributed by atoms with van der Waals surface area (Å²) in [6.45, 7) is 1.33. The molecule has 0 aliphatic rings. The highest BCUT2D eigenvalue weighted by atomic mass is 16.4. The molecule has 0 aromatic carbocycles. The van der Waals surface area contributed by atoms with Crippen LogP contribution in [0, 0.1) is 0 Å². The molecule has 0 unspecified atom stereocenters. The van der Waals surface area contributed by atoms with Gasteiger partial charge in [-0.25, -0.2) is 4.79 Å². The lowest BCUT2D eigenvalue weighted by molar-refractivity contribution is -0.137. The second-order valence-electron chi connectivity index (χ2n) is 3.35. The number of nitrogens with one attached hydrogen (secondary N) is 2. The molecule has 8 nitrogen and oxygen atoms in total. The van der Waals surface area contributed by atoms with Crippen LogP contribution >= 0.6 is 0 Å². The quantitative estimate of drug-likeness (QED) is 0.554. The van der Waals surface area contributed by atoms with Crippen LogP contribution in [0.1, 0.15) is 12.8 Å². The minimum Gasteiger partial charge on any atom is -0.481 e. The lowest BCUT2D eigenvalue weighted by Gasteiger charge is -2.06. The van der Waals surface area contributed by atoms with Crippen LogP contribution in [0.2, 0.25) is 0 Å². The van der Waals surface area contributed by atoms with Gasteiger partial charge in [0, 0.05) is 25.7 Å². The van der Waals surface area contributed by atoms with Crippen LogP contribution in [-0.4, -0.2) is 45.2 Å². The molecule has 17 heavy (non-hydrogen) atoms. The molecule has 1 heterocycles. The van der Waals surface area contributed by atoms with E-state index in [0.29, 0.717) is 26.1 Å². The summed E-state index contributed by atoms with van der Waals surface area (Å²) < 4.78 is 1.60. The summed E-state index contributed by atoms with van der Waals surface area (Å²) in [5.41, 5.74) is 0. The molecule has 1 rings (SSSR count). The maximum Gasteiger partial charge on any atom is 0.314 e. The van der Waals surface area contributed by atoms with Gasteiger partial charge in [-0.05, 0) is 6.42 Å². The molecule has 0 aliphatic carbocycles. The van der Waals surface area contributed by atoms with Gasteiger partial charge < -0.3 is 15.7 Å². The Hall–Kier alpha value is -2.12. The molecule has 0 fully saturated rings. The second kappa shape index (κ2) is 7.20. The number of hydrogen-bond donors (Lipinski definition) is 3. The van der Waals surface area contributed by atoms with Crippen molar-refractivity contribution in [1.82, 2.24) is 25.6 Å². The molecule has 0 bridgehead atoms. The summed E-state index contributed by atoms with van der Waals surface area (Å²) in [5, 5.41) is 20.9. The monoisotopic (exact) mass is 241 g/mol. The minimum atomic E-state index is -0.863. The first-order valence-corrected chi connectivity index (χ1v) is 5.26. The van der Waals surface area contributed by atoms with Crippen LogP contribution in [0.4, 0.5) is 4.79 Å². The lowest BCUT2D eigenvalue weighted by Crippen LogP contribution is -2.37. The number of amides is 2. The maximum absolute atomic E-state index is 11.2. The average Bonchev–Trinajstić information content (AvgIpc) is 2.77. The van der Waals surface area contributed by atoms with Crippen LogP contribution in [0.5, 0.6) is 0 Å². The van der Waals surface area contributed by atoms with E-state index in [1.807, 2.05) is 0 Å². The molecule has 94 valence electrons. The van der Waals surface area contributed by atoms with Gasteiger partial charge in [-0.2, -0.15) is 0 Å². The van der Waals surface area contributed by atoms with Gasteiger partial charge >= 0.3 is 12.0 Å². The summed E-state index contributed by atoms with van der Waals surface area (Å²) in [4.78, 5) is 21.4. The highest BCUT2D eigenvalue weighted by Crippen LogP contribution is 1.85. The third-order valence-corrected chi connectivity index (χ3v) is 1.95. The normalized spacial score (nSPS) is 9.88. The largest absolute Gasteiger partial charge is 0.481 e. The van der Waals surface area contributed by atoms with Gasteiger partial charge in [0.25, 0.3) is 0 Å². The van der Waals surface area contributed by atoms with Gasteiger partial charge in [-0.15, -0.1) is 5.10 Å². The number of carbonyl (C=O) groups excluding carboxylic acids is 1. The molecule has 0 radical (unpaired) electrons. The molecule has 0 saturated carbocycles. The zero-order valence-corrected chi connectivity index (χ0v) is 9.30. The van der Waals surface area contributed by atoms with Gasteiger partial charge in [-0.3, -0.25) is 9.48 Å². The van der Waals surface area contributed by atoms with E-state index in [-0.39, 0.29) is 12.5 Å². The van der Waals surface area contributed by atoms with E-state index < -0.39 is 5.97 Å². The Morgan fingerprint density at radius 1 is 1.29 bits per heavy atom. The number of nitrogens with zero attached hydrogens (tertiary/aromatic N) is 3. The predicted molar refractivity (Wildman–Crippen MR) is 58.3 cm³/mol. The highest BCUT2D eigenvalue weighted by molar-refractivity contribution is 5.73. The molecule has 0 atom stereocenters. The van der Waals surface area contributed by atoms with Gasteiger partial charge in [0.1, 0.15) is 0 Å². The van der Waals surface area contributed by atoms with E-state index in [2.05, 4.69) is 20.9 Å². The highest BCUT2D eigenvalue weighted by Gasteiger charge is 2.00. The van der Waals surface area contributed by atoms with Crippen molar-refractivity contribution in [1.29, 1.82) is 0 Å². The first-order chi connectivity index (χ1) is 8.18. The van der Waals surface area contributed by atoms with E-state index in [0.717, 1.165) is 0 Å².